The molecule has 1 aliphatic heterocycles. The maximum atomic E-state index is 13.2. The van der Waals surface area contributed by atoms with E-state index in [2.05, 4.69) is 5.32 Å². The molecule has 1 aromatic heterocycles. The third kappa shape index (κ3) is 4.63. The average molecular weight is 380 g/mol. The van der Waals surface area contributed by atoms with Crippen LogP contribution in [0, 0.1) is 11.6 Å². The first-order valence-corrected chi connectivity index (χ1v) is 9.21. The molecule has 1 aromatic carbocycles. The zero-order valence-corrected chi connectivity index (χ0v) is 14.7. The van der Waals surface area contributed by atoms with Crippen molar-refractivity contribution in [2.45, 2.75) is 23.8 Å². The van der Waals surface area contributed by atoms with Gasteiger partial charge in [0, 0.05) is 24.0 Å². The fraction of sp³-hybridized carbons (Fsp3) is 0.333. The number of carbonyl (C=O) groups excluding carboxylic acids is 2. The molecule has 0 atom stereocenters. The first kappa shape index (κ1) is 18.4. The second-order valence-corrected chi connectivity index (χ2v) is 7.02. The van der Waals surface area contributed by atoms with E-state index in [0.29, 0.717) is 36.6 Å². The van der Waals surface area contributed by atoms with Crippen molar-refractivity contribution in [2.75, 3.05) is 18.8 Å². The van der Waals surface area contributed by atoms with Crippen LogP contribution in [0.3, 0.4) is 0 Å². The summed E-state index contributed by atoms with van der Waals surface area (Å²) in [5.74, 6) is -1.71. The lowest BCUT2D eigenvalue weighted by Crippen LogP contribution is -2.46. The summed E-state index contributed by atoms with van der Waals surface area (Å²) in [6.45, 7) is 1.08. The number of carbonyl (C=O) groups is 2. The Labute approximate surface area is 153 Å². The Kier molecular flexibility index (Phi) is 5.92. The lowest BCUT2D eigenvalue weighted by atomic mass is 10.0. The molecule has 0 saturated carbocycles. The van der Waals surface area contributed by atoms with Crippen LogP contribution >= 0.6 is 11.8 Å². The molecule has 0 bridgehead atoms. The lowest BCUT2D eigenvalue weighted by molar-refractivity contribution is -0.119. The molecule has 0 aliphatic carbocycles. The van der Waals surface area contributed by atoms with E-state index in [-0.39, 0.29) is 23.6 Å². The first-order valence-electron chi connectivity index (χ1n) is 8.23. The van der Waals surface area contributed by atoms with Crippen LogP contribution in [0.5, 0.6) is 0 Å². The molecule has 8 heteroatoms. The predicted molar refractivity (Wildman–Crippen MR) is 92.9 cm³/mol. The summed E-state index contributed by atoms with van der Waals surface area (Å²) in [7, 11) is 0. The fourth-order valence-electron chi connectivity index (χ4n) is 2.77. The summed E-state index contributed by atoms with van der Waals surface area (Å²) < 4.78 is 31.2. The zero-order valence-electron chi connectivity index (χ0n) is 13.9. The van der Waals surface area contributed by atoms with Crippen molar-refractivity contribution < 1.29 is 22.8 Å². The number of thioether (sulfide) groups is 1. The summed E-state index contributed by atoms with van der Waals surface area (Å²) >= 11 is 1.15. The van der Waals surface area contributed by atoms with Gasteiger partial charge in [-0.1, -0.05) is 0 Å². The van der Waals surface area contributed by atoms with Crippen LogP contribution in [0.2, 0.25) is 0 Å². The summed E-state index contributed by atoms with van der Waals surface area (Å²) in [5.41, 5.74) is 0. The van der Waals surface area contributed by atoms with Crippen molar-refractivity contribution in [1.82, 2.24) is 10.2 Å². The van der Waals surface area contributed by atoms with E-state index in [1.807, 2.05) is 0 Å². The van der Waals surface area contributed by atoms with Gasteiger partial charge in [-0.3, -0.25) is 9.59 Å². The highest BCUT2D eigenvalue weighted by molar-refractivity contribution is 8.00. The summed E-state index contributed by atoms with van der Waals surface area (Å²) in [6, 6.07) is 6.85. The van der Waals surface area contributed by atoms with E-state index in [0.717, 1.165) is 23.9 Å². The van der Waals surface area contributed by atoms with Crippen LogP contribution in [-0.4, -0.2) is 41.6 Å². The molecule has 0 spiro atoms. The van der Waals surface area contributed by atoms with E-state index in [1.165, 1.54) is 12.3 Å². The van der Waals surface area contributed by atoms with Crippen molar-refractivity contribution in [2.24, 2.45) is 0 Å². The number of nitrogens with zero attached hydrogens (tertiary/aromatic N) is 1. The smallest absolute Gasteiger partial charge is 0.289 e. The minimum absolute atomic E-state index is 0.00583. The maximum Gasteiger partial charge on any atom is 0.289 e. The van der Waals surface area contributed by atoms with Gasteiger partial charge < -0.3 is 14.6 Å². The van der Waals surface area contributed by atoms with Gasteiger partial charge in [-0.05, 0) is 43.2 Å². The number of rotatable bonds is 5. The number of hydrogen-bond acceptors (Lipinski definition) is 4. The standard InChI is InChI=1S/C18H18F2N2O3S/c19-14-4-3-13(10-15(14)20)26-11-17(23)21-12-5-7-22(8-6-12)18(24)16-2-1-9-25-16/h1-4,9-10,12H,5-8,11H2,(H,21,23). The Balaban J connectivity index is 1.42. The van der Waals surface area contributed by atoms with Gasteiger partial charge in [0.15, 0.2) is 17.4 Å². The third-order valence-corrected chi connectivity index (χ3v) is 5.13. The van der Waals surface area contributed by atoms with Crippen molar-refractivity contribution in [3.63, 3.8) is 0 Å². The van der Waals surface area contributed by atoms with Gasteiger partial charge in [-0.2, -0.15) is 0 Å². The van der Waals surface area contributed by atoms with Gasteiger partial charge in [0.05, 0.1) is 12.0 Å². The molecule has 0 radical (unpaired) electrons. The molecule has 1 N–H and O–H groups in total. The van der Waals surface area contributed by atoms with Gasteiger partial charge >= 0.3 is 0 Å². The topological polar surface area (TPSA) is 62.6 Å². The molecule has 2 heterocycles. The Hall–Kier alpha value is -2.35. The molecule has 1 saturated heterocycles. The van der Waals surface area contributed by atoms with Gasteiger partial charge in [0.1, 0.15) is 0 Å². The minimum Gasteiger partial charge on any atom is -0.459 e. The molecule has 1 fully saturated rings. The van der Waals surface area contributed by atoms with Crippen LogP contribution < -0.4 is 5.32 Å². The monoisotopic (exact) mass is 380 g/mol. The second kappa shape index (κ2) is 8.35. The Bertz CT molecular complexity index is 775. The maximum absolute atomic E-state index is 13.2. The number of furan rings is 1. The van der Waals surface area contributed by atoms with Gasteiger partial charge in [-0.25, -0.2) is 8.78 Å². The van der Waals surface area contributed by atoms with E-state index >= 15 is 0 Å². The van der Waals surface area contributed by atoms with Gasteiger partial charge in [0.25, 0.3) is 5.91 Å². The summed E-state index contributed by atoms with van der Waals surface area (Å²) in [5, 5.41) is 2.92. The first-order chi connectivity index (χ1) is 12.5. The Morgan fingerprint density at radius 2 is 1.96 bits per heavy atom. The quantitative estimate of drug-likeness (QED) is 0.810. The number of piperidine rings is 1. The number of halogens is 2. The Morgan fingerprint density at radius 3 is 2.62 bits per heavy atom. The van der Waals surface area contributed by atoms with Crippen LogP contribution in [0.1, 0.15) is 23.4 Å². The zero-order chi connectivity index (χ0) is 18.5. The molecule has 0 unspecified atom stereocenters. The molecule has 5 nitrogen and oxygen atoms in total. The van der Waals surface area contributed by atoms with E-state index in [1.54, 1.807) is 17.0 Å². The molecule has 1 aliphatic rings. The van der Waals surface area contributed by atoms with E-state index < -0.39 is 11.6 Å². The Morgan fingerprint density at radius 1 is 1.19 bits per heavy atom. The summed E-state index contributed by atoms with van der Waals surface area (Å²) in [6.07, 6.45) is 2.78. The number of nitrogens with one attached hydrogen (secondary N) is 1. The minimum atomic E-state index is -0.927. The van der Waals surface area contributed by atoms with Gasteiger partial charge in [0.2, 0.25) is 5.91 Å². The van der Waals surface area contributed by atoms with Gasteiger partial charge in [-0.15, -0.1) is 11.8 Å². The van der Waals surface area contributed by atoms with E-state index in [9.17, 15) is 18.4 Å². The molecule has 2 aromatic rings. The molecule has 3 rings (SSSR count). The van der Waals surface area contributed by atoms with Crippen molar-refractivity contribution in [3.05, 3.63) is 54.0 Å². The molecular formula is C18H18F2N2O3S. The highest BCUT2D eigenvalue weighted by Crippen LogP contribution is 2.20. The highest BCUT2D eigenvalue weighted by Gasteiger charge is 2.25. The number of likely N-dealkylation sites (tertiary alicyclic amines) is 1. The van der Waals surface area contributed by atoms with E-state index in [4.69, 9.17) is 4.42 Å². The molecule has 138 valence electrons. The second-order valence-electron chi connectivity index (χ2n) is 5.98. The van der Waals surface area contributed by atoms with Crippen LogP contribution in [0.25, 0.3) is 0 Å². The third-order valence-electron chi connectivity index (χ3n) is 4.14. The molecular weight excluding hydrogens is 362 g/mol. The van der Waals surface area contributed by atoms with Crippen molar-refractivity contribution in [3.8, 4) is 0 Å². The number of hydrogen-bond donors (Lipinski definition) is 1. The van der Waals surface area contributed by atoms with Crippen molar-refractivity contribution in [1.29, 1.82) is 0 Å². The highest BCUT2D eigenvalue weighted by atomic mass is 32.2. The summed E-state index contributed by atoms with van der Waals surface area (Å²) in [4.78, 5) is 26.4. The lowest BCUT2D eigenvalue weighted by Gasteiger charge is -2.31. The predicted octanol–water partition coefficient (Wildman–Crippen LogP) is 3.07. The largest absolute Gasteiger partial charge is 0.459 e. The van der Waals surface area contributed by atoms with Crippen molar-refractivity contribution >= 4 is 23.6 Å². The average Bonchev–Trinajstić information content (AvgIpc) is 3.17. The van der Waals surface area contributed by atoms with Crippen LogP contribution in [0.4, 0.5) is 8.78 Å². The molecule has 26 heavy (non-hydrogen) atoms. The molecule has 2 amide bonds. The number of benzene rings is 1. The van der Waals surface area contributed by atoms with Crippen LogP contribution in [-0.2, 0) is 4.79 Å². The SMILES string of the molecule is O=C(CSc1ccc(F)c(F)c1)NC1CCN(C(=O)c2ccco2)CC1. The fourth-order valence-corrected chi connectivity index (χ4v) is 3.50. The normalized spacial score (nSPS) is 15.1. The number of amides is 2. The van der Waals surface area contributed by atoms with Crippen LogP contribution in [0.15, 0.2) is 45.9 Å².